The maximum Gasteiger partial charge on any atom is 0.129 e. The van der Waals surface area contributed by atoms with Crippen molar-refractivity contribution in [1.29, 1.82) is 5.26 Å². The van der Waals surface area contributed by atoms with Crippen LogP contribution in [0.5, 0.6) is 0 Å². The SMILES string of the molecule is N#CCc1ccc(F)c(C2(O)CC3CCC(C2)N3Cc2ccccc2)c1. The second kappa shape index (κ2) is 6.83. The van der Waals surface area contributed by atoms with Crippen LogP contribution in [0.1, 0.15) is 42.4 Å². The maximum absolute atomic E-state index is 14.5. The van der Waals surface area contributed by atoms with Gasteiger partial charge >= 0.3 is 0 Å². The molecular weight excluding hydrogens is 327 g/mol. The van der Waals surface area contributed by atoms with Gasteiger partial charge in [0.2, 0.25) is 0 Å². The van der Waals surface area contributed by atoms with Crippen molar-refractivity contribution < 1.29 is 9.50 Å². The van der Waals surface area contributed by atoms with Crippen LogP contribution in [-0.4, -0.2) is 22.1 Å². The van der Waals surface area contributed by atoms with Gasteiger partial charge in [0.25, 0.3) is 0 Å². The number of hydrogen-bond acceptors (Lipinski definition) is 3. The Bertz CT molecular complexity index is 816. The summed E-state index contributed by atoms with van der Waals surface area (Å²) in [5.74, 6) is -0.370. The van der Waals surface area contributed by atoms with Gasteiger partial charge in [-0.15, -0.1) is 0 Å². The number of benzene rings is 2. The van der Waals surface area contributed by atoms with Crippen LogP contribution in [0.15, 0.2) is 48.5 Å². The number of fused-ring (bicyclic) bond motifs is 2. The lowest BCUT2D eigenvalue weighted by molar-refractivity contribution is -0.0616. The normalized spacial score (nSPS) is 28.0. The Balaban J connectivity index is 1.58. The van der Waals surface area contributed by atoms with Crippen molar-refractivity contribution in [1.82, 2.24) is 4.90 Å². The number of piperidine rings is 1. The van der Waals surface area contributed by atoms with E-state index in [9.17, 15) is 9.50 Å². The largest absolute Gasteiger partial charge is 0.385 e. The molecule has 2 fully saturated rings. The van der Waals surface area contributed by atoms with Crippen LogP contribution in [0, 0.1) is 17.1 Å². The zero-order valence-corrected chi connectivity index (χ0v) is 14.7. The standard InChI is InChI=1S/C22H23FN2O/c23-21-9-6-16(10-11-24)12-20(21)22(26)13-18-7-8-19(14-22)25(18)15-17-4-2-1-3-5-17/h1-6,9,12,18-19,26H,7-8,10,13-15H2. The molecule has 134 valence electrons. The number of halogens is 1. The lowest BCUT2D eigenvalue weighted by Gasteiger charge is -2.44. The molecule has 2 heterocycles. The van der Waals surface area contributed by atoms with E-state index in [1.54, 1.807) is 12.1 Å². The second-order valence-electron chi connectivity index (χ2n) is 7.63. The van der Waals surface area contributed by atoms with E-state index in [1.807, 2.05) is 18.2 Å². The van der Waals surface area contributed by atoms with E-state index in [4.69, 9.17) is 5.26 Å². The summed E-state index contributed by atoms with van der Waals surface area (Å²) in [5, 5.41) is 20.2. The highest BCUT2D eigenvalue weighted by molar-refractivity contribution is 5.33. The summed E-state index contributed by atoms with van der Waals surface area (Å²) in [7, 11) is 0. The molecule has 2 aliphatic rings. The third-order valence-corrected chi connectivity index (χ3v) is 5.94. The van der Waals surface area contributed by atoms with Crippen LogP contribution in [0.3, 0.4) is 0 Å². The molecule has 4 rings (SSSR count). The monoisotopic (exact) mass is 350 g/mol. The van der Waals surface area contributed by atoms with Crippen LogP contribution < -0.4 is 0 Å². The summed E-state index contributed by atoms with van der Waals surface area (Å²) in [4.78, 5) is 2.47. The van der Waals surface area contributed by atoms with E-state index in [1.165, 1.54) is 11.6 Å². The molecule has 1 N–H and O–H groups in total. The predicted molar refractivity (Wildman–Crippen MR) is 97.6 cm³/mol. The van der Waals surface area contributed by atoms with Gasteiger partial charge in [-0.05, 0) is 48.9 Å². The first-order valence-corrected chi connectivity index (χ1v) is 9.27. The summed E-state index contributed by atoms with van der Waals surface area (Å²) in [6, 6.07) is 17.7. The van der Waals surface area contributed by atoms with Crippen molar-refractivity contribution in [2.45, 2.75) is 56.3 Å². The van der Waals surface area contributed by atoms with Gasteiger partial charge in [0.1, 0.15) is 5.82 Å². The molecule has 2 aromatic carbocycles. The predicted octanol–water partition coefficient (Wildman–Crippen LogP) is 3.91. The van der Waals surface area contributed by atoms with Gasteiger partial charge in [0.05, 0.1) is 18.1 Å². The minimum atomic E-state index is -1.14. The summed E-state index contributed by atoms with van der Waals surface area (Å²) >= 11 is 0. The van der Waals surface area contributed by atoms with Gasteiger partial charge in [-0.3, -0.25) is 4.90 Å². The third kappa shape index (κ3) is 3.13. The topological polar surface area (TPSA) is 47.3 Å². The molecule has 2 aliphatic heterocycles. The molecule has 0 aliphatic carbocycles. The van der Waals surface area contributed by atoms with Crippen molar-refractivity contribution in [2.75, 3.05) is 0 Å². The molecule has 0 spiro atoms. The molecule has 2 saturated heterocycles. The summed E-state index contributed by atoms with van der Waals surface area (Å²) in [6.07, 6.45) is 3.40. The first kappa shape index (κ1) is 17.2. The Morgan fingerprint density at radius 3 is 2.42 bits per heavy atom. The highest BCUT2D eigenvalue weighted by Crippen LogP contribution is 2.47. The summed E-state index contributed by atoms with van der Waals surface area (Å²) in [6.45, 7) is 0.878. The van der Waals surface area contributed by atoms with Crippen LogP contribution >= 0.6 is 0 Å². The van der Waals surface area contributed by atoms with Crippen LogP contribution in [0.4, 0.5) is 4.39 Å². The molecule has 0 amide bonds. The van der Waals surface area contributed by atoms with Gasteiger partial charge in [-0.25, -0.2) is 4.39 Å². The Morgan fingerprint density at radius 2 is 1.77 bits per heavy atom. The molecule has 2 aromatic rings. The lowest BCUT2D eigenvalue weighted by atomic mass is 9.79. The molecule has 2 bridgehead atoms. The van der Waals surface area contributed by atoms with Gasteiger partial charge in [0, 0.05) is 24.2 Å². The van der Waals surface area contributed by atoms with Crippen molar-refractivity contribution in [3.63, 3.8) is 0 Å². The highest BCUT2D eigenvalue weighted by Gasteiger charge is 2.49. The van der Waals surface area contributed by atoms with E-state index in [0.717, 1.165) is 24.9 Å². The Hall–Kier alpha value is -2.22. The van der Waals surface area contributed by atoms with E-state index in [-0.39, 0.29) is 24.3 Å². The molecular formula is C22H23FN2O. The van der Waals surface area contributed by atoms with E-state index in [0.29, 0.717) is 18.4 Å². The molecule has 0 saturated carbocycles. The Labute approximate surface area is 153 Å². The van der Waals surface area contributed by atoms with E-state index >= 15 is 0 Å². The smallest absolute Gasteiger partial charge is 0.129 e. The van der Waals surface area contributed by atoms with Gasteiger partial charge < -0.3 is 5.11 Å². The molecule has 0 aromatic heterocycles. The van der Waals surface area contributed by atoms with Gasteiger partial charge in [-0.2, -0.15) is 5.26 Å². The van der Waals surface area contributed by atoms with Crippen molar-refractivity contribution in [3.05, 3.63) is 71.0 Å². The second-order valence-corrected chi connectivity index (χ2v) is 7.63. The fraction of sp³-hybridized carbons (Fsp3) is 0.409. The van der Waals surface area contributed by atoms with Crippen molar-refractivity contribution in [3.8, 4) is 6.07 Å². The number of rotatable bonds is 4. The maximum atomic E-state index is 14.5. The number of hydrogen-bond donors (Lipinski definition) is 1. The zero-order valence-electron chi connectivity index (χ0n) is 14.7. The van der Waals surface area contributed by atoms with E-state index < -0.39 is 5.60 Å². The fourth-order valence-corrected chi connectivity index (χ4v) is 4.72. The Kier molecular flexibility index (Phi) is 4.52. The fourth-order valence-electron chi connectivity index (χ4n) is 4.72. The molecule has 2 atom stereocenters. The van der Waals surface area contributed by atoms with Crippen LogP contribution in [-0.2, 0) is 18.6 Å². The average Bonchev–Trinajstić information content (AvgIpc) is 2.88. The highest BCUT2D eigenvalue weighted by atomic mass is 19.1. The summed E-state index contributed by atoms with van der Waals surface area (Å²) < 4.78 is 14.5. The molecule has 4 heteroatoms. The minimum absolute atomic E-state index is 0.232. The van der Waals surface area contributed by atoms with Gasteiger partial charge in [-0.1, -0.05) is 36.4 Å². The Morgan fingerprint density at radius 1 is 1.08 bits per heavy atom. The average molecular weight is 350 g/mol. The lowest BCUT2D eigenvalue weighted by Crippen LogP contribution is -2.49. The first-order valence-electron chi connectivity index (χ1n) is 9.27. The number of nitriles is 1. The van der Waals surface area contributed by atoms with E-state index in [2.05, 4.69) is 23.1 Å². The van der Waals surface area contributed by atoms with Gasteiger partial charge in [0.15, 0.2) is 0 Å². The quantitative estimate of drug-likeness (QED) is 0.909. The van der Waals surface area contributed by atoms with Crippen LogP contribution in [0.2, 0.25) is 0 Å². The number of aliphatic hydroxyl groups is 1. The third-order valence-electron chi connectivity index (χ3n) is 5.94. The molecule has 2 unspecified atom stereocenters. The zero-order chi connectivity index (χ0) is 18.1. The first-order chi connectivity index (χ1) is 12.6. The van der Waals surface area contributed by atoms with Crippen LogP contribution in [0.25, 0.3) is 0 Å². The van der Waals surface area contributed by atoms with Crippen molar-refractivity contribution >= 4 is 0 Å². The van der Waals surface area contributed by atoms with Crippen molar-refractivity contribution in [2.24, 2.45) is 0 Å². The number of nitrogens with zero attached hydrogens (tertiary/aromatic N) is 2. The molecule has 26 heavy (non-hydrogen) atoms. The minimum Gasteiger partial charge on any atom is -0.385 e. The summed E-state index contributed by atoms with van der Waals surface area (Å²) in [5.41, 5.74) is 1.25. The molecule has 3 nitrogen and oxygen atoms in total. The molecule has 0 radical (unpaired) electrons.